The highest BCUT2D eigenvalue weighted by atomic mass is 16.4. The average molecular weight is 253 g/mol. The average Bonchev–Trinajstić information content (AvgIpc) is 2.99. The van der Waals surface area contributed by atoms with Gasteiger partial charge in [0, 0.05) is 17.6 Å². The number of anilines is 1. The Kier molecular flexibility index (Phi) is 3.21. The lowest BCUT2D eigenvalue weighted by atomic mass is 10.1. The van der Waals surface area contributed by atoms with Gasteiger partial charge in [-0.2, -0.15) is 0 Å². The standard InChI is InChI=1S/C16H15NO2/c18-15(16-9-4-10-19-16)11-17-14-8-3-6-12-5-1-2-7-13(12)14/h1-10,15,17-18H,11H2. The smallest absolute Gasteiger partial charge is 0.134 e. The Bertz CT molecular complexity index is 656. The molecule has 0 radical (unpaired) electrons. The van der Waals surface area contributed by atoms with Crippen molar-refractivity contribution in [2.75, 3.05) is 11.9 Å². The summed E-state index contributed by atoms with van der Waals surface area (Å²) in [7, 11) is 0. The molecule has 0 fully saturated rings. The highest BCUT2D eigenvalue weighted by molar-refractivity contribution is 5.93. The lowest BCUT2D eigenvalue weighted by molar-refractivity contribution is 0.162. The second-order valence-electron chi connectivity index (χ2n) is 4.44. The number of rotatable bonds is 4. The molecule has 19 heavy (non-hydrogen) atoms. The van der Waals surface area contributed by atoms with E-state index >= 15 is 0 Å². The molecule has 3 nitrogen and oxygen atoms in total. The first kappa shape index (κ1) is 11.8. The van der Waals surface area contributed by atoms with Crippen molar-refractivity contribution in [3.8, 4) is 0 Å². The lowest BCUT2D eigenvalue weighted by Gasteiger charge is -2.12. The molecular weight excluding hydrogens is 238 g/mol. The third-order valence-corrected chi connectivity index (χ3v) is 3.15. The van der Waals surface area contributed by atoms with Crippen molar-refractivity contribution >= 4 is 16.5 Å². The number of aliphatic hydroxyl groups is 1. The third-order valence-electron chi connectivity index (χ3n) is 3.15. The first-order valence-electron chi connectivity index (χ1n) is 6.28. The normalized spacial score (nSPS) is 12.5. The Morgan fingerprint density at radius 1 is 1.00 bits per heavy atom. The fourth-order valence-electron chi connectivity index (χ4n) is 2.17. The number of furan rings is 1. The maximum atomic E-state index is 9.99. The van der Waals surface area contributed by atoms with Crippen molar-refractivity contribution in [1.29, 1.82) is 0 Å². The number of aliphatic hydroxyl groups excluding tert-OH is 1. The first-order valence-corrected chi connectivity index (χ1v) is 6.28. The minimum absolute atomic E-state index is 0.418. The molecule has 0 saturated carbocycles. The van der Waals surface area contributed by atoms with E-state index in [-0.39, 0.29) is 0 Å². The van der Waals surface area contributed by atoms with E-state index in [9.17, 15) is 5.11 Å². The highest BCUT2D eigenvalue weighted by Gasteiger charge is 2.10. The number of hydrogen-bond acceptors (Lipinski definition) is 3. The Morgan fingerprint density at radius 3 is 2.68 bits per heavy atom. The van der Waals surface area contributed by atoms with Crippen LogP contribution in [0.1, 0.15) is 11.9 Å². The second-order valence-corrected chi connectivity index (χ2v) is 4.44. The van der Waals surface area contributed by atoms with Crippen LogP contribution in [-0.2, 0) is 0 Å². The molecule has 0 aliphatic heterocycles. The van der Waals surface area contributed by atoms with Crippen molar-refractivity contribution < 1.29 is 9.52 Å². The quantitative estimate of drug-likeness (QED) is 0.747. The molecule has 0 bridgehead atoms. The van der Waals surface area contributed by atoms with Gasteiger partial charge in [-0.15, -0.1) is 0 Å². The summed E-state index contributed by atoms with van der Waals surface area (Å²) in [6.07, 6.45) is 0.921. The van der Waals surface area contributed by atoms with Crippen LogP contribution in [-0.4, -0.2) is 11.7 Å². The maximum Gasteiger partial charge on any atom is 0.134 e. The van der Waals surface area contributed by atoms with Crippen LogP contribution in [0.15, 0.2) is 65.3 Å². The number of benzene rings is 2. The van der Waals surface area contributed by atoms with E-state index in [4.69, 9.17) is 4.42 Å². The Balaban J connectivity index is 1.79. The topological polar surface area (TPSA) is 45.4 Å². The molecule has 0 saturated heterocycles. The van der Waals surface area contributed by atoms with E-state index in [0.29, 0.717) is 12.3 Å². The molecule has 1 aromatic heterocycles. The van der Waals surface area contributed by atoms with Gasteiger partial charge in [0.25, 0.3) is 0 Å². The van der Waals surface area contributed by atoms with E-state index in [1.807, 2.05) is 24.3 Å². The molecule has 1 heterocycles. The van der Waals surface area contributed by atoms with Gasteiger partial charge in [0.2, 0.25) is 0 Å². The first-order chi connectivity index (χ1) is 9.34. The number of nitrogens with one attached hydrogen (secondary N) is 1. The number of hydrogen-bond donors (Lipinski definition) is 2. The molecule has 3 rings (SSSR count). The summed E-state index contributed by atoms with van der Waals surface area (Å²) in [5.41, 5.74) is 1.02. The molecule has 0 amide bonds. The van der Waals surface area contributed by atoms with E-state index in [1.54, 1.807) is 18.4 Å². The molecule has 3 heteroatoms. The second kappa shape index (κ2) is 5.16. The van der Waals surface area contributed by atoms with Gasteiger partial charge in [0.1, 0.15) is 11.9 Å². The zero-order chi connectivity index (χ0) is 13.1. The van der Waals surface area contributed by atoms with Gasteiger partial charge in [-0.1, -0.05) is 36.4 Å². The van der Waals surface area contributed by atoms with Crippen molar-refractivity contribution in [3.63, 3.8) is 0 Å². The van der Waals surface area contributed by atoms with Crippen molar-refractivity contribution in [2.45, 2.75) is 6.10 Å². The van der Waals surface area contributed by atoms with Crippen LogP contribution in [0.4, 0.5) is 5.69 Å². The summed E-state index contributed by atoms with van der Waals surface area (Å²) in [5.74, 6) is 0.577. The summed E-state index contributed by atoms with van der Waals surface area (Å²) in [5, 5.41) is 15.6. The van der Waals surface area contributed by atoms with Gasteiger partial charge < -0.3 is 14.8 Å². The van der Waals surface area contributed by atoms with Gasteiger partial charge in [-0.05, 0) is 23.6 Å². The molecule has 96 valence electrons. The summed E-state index contributed by atoms with van der Waals surface area (Å²) in [6, 6.07) is 17.8. The molecule has 0 spiro atoms. The van der Waals surface area contributed by atoms with Crippen LogP contribution in [0.25, 0.3) is 10.8 Å². The number of fused-ring (bicyclic) bond motifs is 1. The van der Waals surface area contributed by atoms with Crippen LogP contribution in [0.3, 0.4) is 0 Å². The summed E-state index contributed by atoms with van der Waals surface area (Å²) in [4.78, 5) is 0. The van der Waals surface area contributed by atoms with Gasteiger partial charge >= 0.3 is 0 Å². The van der Waals surface area contributed by atoms with Crippen molar-refractivity contribution in [1.82, 2.24) is 0 Å². The van der Waals surface area contributed by atoms with Gasteiger partial charge in [-0.3, -0.25) is 0 Å². The van der Waals surface area contributed by atoms with Crippen LogP contribution in [0, 0.1) is 0 Å². The van der Waals surface area contributed by atoms with Crippen LogP contribution in [0.5, 0.6) is 0 Å². The SMILES string of the molecule is OC(CNc1cccc2ccccc12)c1ccco1. The summed E-state index contributed by atoms with van der Waals surface area (Å²) in [6.45, 7) is 0.418. The van der Waals surface area contributed by atoms with Gasteiger partial charge in [0.05, 0.1) is 6.26 Å². The van der Waals surface area contributed by atoms with Gasteiger partial charge in [0.15, 0.2) is 0 Å². The maximum absolute atomic E-state index is 9.99. The van der Waals surface area contributed by atoms with Crippen LogP contribution >= 0.6 is 0 Å². The predicted octanol–water partition coefficient (Wildman–Crippen LogP) is 3.58. The largest absolute Gasteiger partial charge is 0.467 e. The highest BCUT2D eigenvalue weighted by Crippen LogP contribution is 2.24. The summed E-state index contributed by atoms with van der Waals surface area (Å²) < 4.78 is 5.18. The van der Waals surface area contributed by atoms with E-state index in [0.717, 1.165) is 11.1 Å². The zero-order valence-corrected chi connectivity index (χ0v) is 10.4. The Labute approximate surface area is 111 Å². The molecule has 2 aromatic carbocycles. The van der Waals surface area contributed by atoms with Crippen molar-refractivity contribution in [3.05, 3.63) is 66.6 Å². The molecule has 1 unspecified atom stereocenters. The minimum atomic E-state index is -0.644. The fourth-order valence-corrected chi connectivity index (χ4v) is 2.17. The monoisotopic (exact) mass is 253 g/mol. The lowest BCUT2D eigenvalue weighted by Crippen LogP contribution is -2.11. The Hall–Kier alpha value is -2.26. The molecular formula is C16H15NO2. The predicted molar refractivity (Wildman–Crippen MR) is 76.1 cm³/mol. The van der Waals surface area contributed by atoms with Crippen LogP contribution in [0.2, 0.25) is 0 Å². The van der Waals surface area contributed by atoms with Crippen LogP contribution < -0.4 is 5.32 Å². The van der Waals surface area contributed by atoms with E-state index < -0.39 is 6.10 Å². The van der Waals surface area contributed by atoms with Gasteiger partial charge in [-0.25, -0.2) is 0 Å². The van der Waals surface area contributed by atoms with Crippen molar-refractivity contribution in [2.24, 2.45) is 0 Å². The molecule has 0 aliphatic carbocycles. The molecule has 3 aromatic rings. The summed E-state index contributed by atoms with van der Waals surface area (Å²) >= 11 is 0. The van der Waals surface area contributed by atoms with E-state index in [2.05, 4.69) is 23.5 Å². The zero-order valence-electron chi connectivity index (χ0n) is 10.4. The fraction of sp³-hybridized carbons (Fsp3) is 0.125. The molecule has 1 atom stereocenters. The van der Waals surface area contributed by atoms with E-state index in [1.165, 1.54) is 5.39 Å². The molecule has 2 N–H and O–H groups in total. The Morgan fingerprint density at radius 2 is 1.84 bits per heavy atom. The molecule has 0 aliphatic rings. The third kappa shape index (κ3) is 2.46. The minimum Gasteiger partial charge on any atom is -0.467 e.